The monoisotopic (exact) mass is 513 g/mol. The molecule has 1 unspecified atom stereocenters. The number of nitrogens with zero attached hydrogens (tertiary/aromatic N) is 3. The van der Waals surface area contributed by atoms with Crippen molar-refractivity contribution in [3.63, 3.8) is 0 Å². The quantitative estimate of drug-likeness (QED) is 0.400. The van der Waals surface area contributed by atoms with Crippen molar-refractivity contribution in [1.82, 2.24) is 14.9 Å². The Kier molecular flexibility index (Phi) is 7.36. The van der Waals surface area contributed by atoms with E-state index in [9.17, 15) is 12.8 Å². The van der Waals surface area contributed by atoms with Gasteiger partial charge in [-0.15, -0.1) is 0 Å². The van der Waals surface area contributed by atoms with Gasteiger partial charge in [0.15, 0.2) is 9.84 Å². The molecule has 1 aromatic heterocycles. The number of fused-ring (bicyclic) bond motifs is 1. The number of anilines is 2. The SMILES string of the molecule is O=S(=O)(c1ccccc1)C1CC(Nc2nc(NC3CCCN(CCCO)C3)nc3c(F)cccc23)C1. The molecule has 2 aliphatic rings. The number of benzene rings is 2. The fraction of sp³-hybridized carbons (Fsp3) is 0.462. The van der Waals surface area contributed by atoms with Gasteiger partial charge in [-0.1, -0.05) is 24.3 Å². The van der Waals surface area contributed by atoms with Gasteiger partial charge in [0.2, 0.25) is 5.95 Å². The number of sulfone groups is 1. The van der Waals surface area contributed by atoms with Crippen LogP contribution in [0.25, 0.3) is 10.9 Å². The highest BCUT2D eigenvalue weighted by Gasteiger charge is 2.40. The third kappa shape index (κ3) is 5.30. The molecule has 1 aliphatic carbocycles. The third-order valence-electron chi connectivity index (χ3n) is 7.09. The first-order valence-corrected chi connectivity index (χ1v) is 14.1. The molecule has 1 saturated heterocycles. The summed E-state index contributed by atoms with van der Waals surface area (Å²) in [5.41, 5.74) is 0.234. The van der Waals surface area contributed by atoms with E-state index >= 15 is 0 Å². The summed E-state index contributed by atoms with van der Waals surface area (Å²) >= 11 is 0. The summed E-state index contributed by atoms with van der Waals surface area (Å²) in [7, 11) is -3.38. The number of hydrogen-bond donors (Lipinski definition) is 3. The summed E-state index contributed by atoms with van der Waals surface area (Å²) in [6.45, 7) is 2.81. The fourth-order valence-corrected chi connectivity index (χ4v) is 6.97. The summed E-state index contributed by atoms with van der Waals surface area (Å²) in [5, 5.41) is 16.0. The Balaban J connectivity index is 1.31. The Hall–Kier alpha value is -2.82. The first kappa shape index (κ1) is 24.9. The smallest absolute Gasteiger partial charge is 0.225 e. The number of rotatable bonds is 9. The van der Waals surface area contributed by atoms with Gasteiger partial charge in [-0.2, -0.15) is 4.98 Å². The van der Waals surface area contributed by atoms with E-state index in [0.29, 0.717) is 34.9 Å². The van der Waals surface area contributed by atoms with Crippen LogP contribution >= 0.6 is 0 Å². The third-order valence-corrected chi connectivity index (χ3v) is 9.29. The normalized spacial score (nSPS) is 22.8. The molecule has 2 heterocycles. The topological polar surface area (TPSA) is 107 Å². The number of aliphatic hydroxyl groups is 1. The van der Waals surface area contributed by atoms with Crippen molar-refractivity contribution in [1.29, 1.82) is 0 Å². The molecule has 3 N–H and O–H groups in total. The zero-order chi connectivity index (χ0) is 25.1. The maximum atomic E-state index is 14.7. The number of piperidine rings is 1. The molecule has 10 heteroatoms. The lowest BCUT2D eigenvalue weighted by Crippen LogP contribution is -2.44. The Morgan fingerprint density at radius 2 is 1.83 bits per heavy atom. The molecular weight excluding hydrogens is 481 g/mol. The highest BCUT2D eigenvalue weighted by Crippen LogP contribution is 2.35. The van der Waals surface area contributed by atoms with Gasteiger partial charge in [-0.05, 0) is 62.9 Å². The van der Waals surface area contributed by atoms with E-state index < -0.39 is 20.9 Å². The minimum absolute atomic E-state index is 0.0774. The highest BCUT2D eigenvalue weighted by molar-refractivity contribution is 7.92. The van der Waals surface area contributed by atoms with Gasteiger partial charge >= 0.3 is 0 Å². The van der Waals surface area contributed by atoms with Crippen LogP contribution in [0.4, 0.5) is 16.2 Å². The lowest BCUT2D eigenvalue weighted by molar-refractivity contribution is 0.190. The van der Waals surface area contributed by atoms with E-state index in [1.54, 1.807) is 42.5 Å². The predicted octanol–water partition coefficient (Wildman–Crippen LogP) is 3.44. The minimum Gasteiger partial charge on any atom is -0.396 e. The number of likely N-dealkylation sites (tertiary alicyclic amines) is 1. The minimum atomic E-state index is -3.38. The van der Waals surface area contributed by atoms with Crippen molar-refractivity contribution in [2.24, 2.45) is 0 Å². The second kappa shape index (κ2) is 10.7. The molecule has 3 aromatic rings. The summed E-state index contributed by atoms with van der Waals surface area (Å²) < 4.78 is 40.5. The molecule has 192 valence electrons. The molecular formula is C26H32FN5O3S. The van der Waals surface area contributed by atoms with Crippen LogP contribution in [0.15, 0.2) is 53.4 Å². The number of aliphatic hydroxyl groups excluding tert-OH is 1. The summed E-state index contributed by atoms with van der Waals surface area (Å²) in [6, 6.07) is 13.4. The van der Waals surface area contributed by atoms with E-state index in [2.05, 4.69) is 25.5 Å². The molecule has 0 radical (unpaired) electrons. The van der Waals surface area contributed by atoms with E-state index in [-0.39, 0.29) is 24.2 Å². The summed E-state index contributed by atoms with van der Waals surface area (Å²) in [5.74, 6) is 0.444. The van der Waals surface area contributed by atoms with E-state index in [4.69, 9.17) is 5.11 Å². The molecule has 2 aromatic carbocycles. The number of hydrogen-bond acceptors (Lipinski definition) is 8. The second-order valence-electron chi connectivity index (χ2n) is 9.69. The molecule has 1 aliphatic heterocycles. The number of nitrogens with one attached hydrogen (secondary N) is 2. The lowest BCUT2D eigenvalue weighted by atomic mass is 9.92. The van der Waals surface area contributed by atoms with E-state index in [0.717, 1.165) is 38.9 Å². The molecule has 0 amide bonds. The van der Waals surface area contributed by atoms with Gasteiger partial charge in [0.1, 0.15) is 17.2 Å². The summed E-state index contributed by atoms with van der Waals surface area (Å²) in [6.07, 6.45) is 3.64. The highest BCUT2D eigenvalue weighted by atomic mass is 32.2. The molecule has 0 spiro atoms. The first-order valence-electron chi connectivity index (χ1n) is 12.6. The Morgan fingerprint density at radius 1 is 1.03 bits per heavy atom. The molecule has 8 nitrogen and oxygen atoms in total. The average molecular weight is 514 g/mol. The van der Waals surface area contributed by atoms with Gasteiger partial charge in [-0.25, -0.2) is 17.8 Å². The van der Waals surface area contributed by atoms with E-state index in [1.165, 1.54) is 6.07 Å². The largest absolute Gasteiger partial charge is 0.396 e. The van der Waals surface area contributed by atoms with Crippen LogP contribution in [0.5, 0.6) is 0 Å². The second-order valence-corrected chi connectivity index (χ2v) is 11.9. The van der Waals surface area contributed by atoms with Crippen molar-refractivity contribution in [2.45, 2.75) is 54.3 Å². The van der Waals surface area contributed by atoms with E-state index in [1.807, 2.05) is 0 Å². The number of para-hydroxylation sites is 1. The van der Waals surface area contributed by atoms with Crippen LogP contribution < -0.4 is 10.6 Å². The van der Waals surface area contributed by atoms with Crippen molar-refractivity contribution >= 4 is 32.5 Å². The Morgan fingerprint density at radius 3 is 2.61 bits per heavy atom. The van der Waals surface area contributed by atoms with Crippen molar-refractivity contribution in [3.05, 3.63) is 54.3 Å². The standard InChI is InChI=1S/C26H32FN5O3S/c27-23-11-4-10-22-24(23)30-26(29-18-7-5-12-32(17-18)13-6-14-33)31-25(22)28-19-15-21(16-19)36(34,35)20-8-2-1-3-9-20/h1-4,8-11,18-19,21,33H,5-7,12-17H2,(H2,28,29,30,31). The van der Waals surface area contributed by atoms with Crippen molar-refractivity contribution in [3.8, 4) is 0 Å². The van der Waals surface area contributed by atoms with Crippen molar-refractivity contribution < 1.29 is 17.9 Å². The Bertz CT molecular complexity index is 1300. The van der Waals surface area contributed by atoms with Crippen LogP contribution in [0.3, 0.4) is 0 Å². The maximum absolute atomic E-state index is 14.7. The molecule has 1 atom stereocenters. The molecule has 36 heavy (non-hydrogen) atoms. The first-order chi connectivity index (χ1) is 17.4. The van der Waals surface area contributed by atoms with Gasteiger partial charge < -0.3 is 20.6 Å². The predicted molar refractivity (Wildman–Crippen MR) is 138 cm³/mol. The maximum Gasteiger partial charge on any atom is 0.225 e. The zero-order valence-corrected chi connectivity index (χ0v) is 20.9. The summed E-state index contributed by atoms with van der Waals surface area (Å²) in [4.78, 5) is 11.8. The van der Waals surface area contributed by atoms with Gasteiger partial charge in [0.25, 0.3) is 0 Å². The van der Waals surface area contributed by atoms with Crippen LogP contribution in [0, 0.1) is 5.82 Å². The van der Waals surface area contributed by atoms with Crippen LogP contribution in [0.2, 0.25) is 0 Å². The van der Waals surface area contributed by atoms with Crippen LogP contribution in [0.1, 0.15) is 32.1 Å². The van der Waals surface area contributed by atoms with Gasteiger partial charge in [0.05, 0.1) is 10.1 Å². The van der Waals surface area contributed by atoms with Gasteiger partial charge in [0, 0.05) is 37.2 Å². The molecule has 5 rings (SSSR count). The van der Waals surface area contributed by atoms with Gasteiger partial charge in [-0.3, -0.25) is 0 Å². The fourth-order valence-electron chi connectivity index (χ4n) is 5.08. The molecule has 0 bridgehead atoms. The van der Waals surface area contributed by atoms with Crippen LogP contribution in [-0.2, 0) is 9.84 Å². The Labute approximate surface area is 210 Å². The average Bonchev–Trinajstić information content (AvgIpc) is 2.86. The number of aromatic nitrogens is 2. The zero-order valence-electron chi connectivity index (χ0n) is 20.1. The molecule has 1 saturated carbocycles. The van der Waals surface area contributed by atoms with Crippen LogP contribution in [-0.4, -0.2) is 72.0 Å². The van der Waals surface area contributed by atoms with Crippen molar-refractivity contribution in [2.75, 3.05) is 36.9 Å². The number of halogens is 1. The lowest BCUT2D eigenvalue weighted by Gasteiger charge is -2.36. The molecule has 2 fully saturated rings.